The maximum atomic E-state index is 11.0. The summed E-state index contributed by atoms with van der Waals surface area (Å²) in [6.07, 6.45) is 0. The molecule has 1 aromatic carbocycles. The summed E-state index contributed by atoms with van der Waals surface area (Å²) in [6, 6.07) is 7.66. The van der Waals surface area contributed by atoms with Crippen LogP contribution in [-0.4, -0.2) is 5.97 Å². The smallest absolute Gasteiger partial charge is 0.345 e. The molecule has 0 atom stereocenters. The number of hydrazine groups is 1. The van der Waals surface area contributed by atoms with Crippen LogP contribution in [0.3, 0.4) is 0 Å². The first-order valence-corrected chi connectivity index (χ1v) is 4.21. The van der Waals surface area contributed by atoms with Crippen molar-refractivity contribution < 1.29 is 9.63 Å². The number of rotatable bonds is 1. The Labute approximate surface area is 81.7 Å². The summed E-state index contributed by atoms with van der Waals surface area (Å²) >= 11 is 0. The Balaban J connectivity index is 2.37. The summed E-state index contributed by atoms with van der Waals surface area (Å²) < 4.78 is 0. The van der Waals surface area contributed by atoms with Crippen molar-refractivity contribution >= 4 is 11.7 Å². The van der Waals surface area contributed by atoms with Crippen LogP contribution in [0.5, 0.6) is 0 Å². The molecule has 1 aromatic rings. The first kappa shape index (κ1) is 8.77. The molecule has 1 N–H and O–H groups in total. The molecule has 0 amide bonds. The number of hydrogen-bond acceptors (Lipinski definition) is 4. The lowest BCUT2D eigenvalue weighted by molar-refractivity contribution is -0.140. The molecule has 1 saturated heterocycles. The number of benzene rings is 1. The van der Waals surface area contributed by atoms with E-state index in [2.05, 4.69) is 17.0 Å². The highest BCUT2D eigenvalue weighted by Gasteiger charge is 2.27. The van der Waals surface area contributed by atoms with Crippen LogP contribution >= 0.6 is 0 Å². The van der Waals surface area contributed by atoms with Gasteiger partial charge in [-0.25, -0.2) is 9.80 Å². The molecule has 0 aliphatic carbocycles. The summed E-state index contributed by atoms with van der Waals surface area (Å²) in [7, 11) is 0. The van der Waals surface area contributed by atoms with Gasteiger partial charge < -0.3 is 4.84 Å². The largest absolute Gasteiger partial charge is 0.376 e. The van der Waals surface area contributed by atoms with E-state index in [1.807, 2.05) is 31.2 Å². The second-order valence-corrected chi connectivity index (χ2v) is 3.05. The summed E-state index contributed by atoms with van der Waals surface area (Å²) in [5, 5.41) is 1.53. The van der Waals surface area contributed by atoms with Crippen LogP contribution in [0.4, 0.5) is 5.69 Å². The Morgan fingerprint density at radius 2 is 2.14 bits per heavy atom. The van der Waals surface area contributed by atoms with Crippen molar-refractivity contribution in [3.8, 4) is 0 Å². The molecule has 4 nitrogen and oxygen atoms in total. The van der Waals surface area contributed by atoms with Gasteiger partial charge in [-0.1, -0.05) is 30.4 Å². The monoisotopic (exact) mass is 190 g/mol. The van der Waals surface area contributed by atoms with E-state index < -0.39 is 5.97 Å². The van der Waals surface area contributed by atoms with Crippen LogP contribution in [0.15, 0.2) is 36.5 Å². The lowest BCUT2D eigenvalue weighted by Crippen LogP contribution is -2.28. The van der Waals surface area contributed by atoms with E-state index in [1.165, 1.54) is 5.01 Å². The number of hydrogen-bond donors (Lipinski definition) is 1. The van der Waals surface area contributed by atoms with Gasteiger partial charge in [-0.15, -0.1) is 0 Å². The Morgan fingerprint density at radius 3 is 2.71 bits per heavy atom. The molecule has 1 aliphatic rings. The zero-order chi connectivity index (χ0) is 10.1. The predicted octanol–water partition coefficient (Wildman–Crippen LogP) is 1.29. The lowest BCUT2D eigenvalue weighted by atomic mass is 10.2. The van der Waals surface area contributed by atoms with E-state index in [-0.39, 0.29) is 0 Å². The molecule has 0 aromatic heterocycles. The van der Waals surface area contributed by atoms with Gasteiger partial charge in [0.25, 0.3) is 0 Å². The molecule has 0 unspecified atom stereocenters. The van der Waals surface area contributed by atoms with Crippen molar-refractivity contribution in [2.24, 2.45) is 0 Å². The van der Waals surface area contributed by atoms with Gasteiger partial charge in [-0.05, 0) is 18.6 Å². The molecular weight excluding hydrogens is 180 g/mol. The van der Waals surface area contributed by atoms with Crippen LogP contribution in [0, 0.1) is 6.92 Å². The van der Waals surface area contributed by atoms with E-state index in [4.69, 9.17) is 0 Å². The van der Waals surface area contributed by atoms with Crippen LogP contribution in [0.2, 0.25) is 0 Å². The minimum atomic E-state index is -0.451. The minimum absolute atomic E-state index is 0.291. The Kier molecular flexibility index (Phi) is 1.98. The average Bonchev–Trinajstić information content (AvgIpc) is 2.49. The van der Waals surface area contributed by atoms with Crippen molar-refractivity contribution in [2.45, 2.75) is 6.92 Å². The molecule has 1 fully saturated rings. The van der Waals surface area contributed by atoms with Crippen LogP contribution in [-0.2, 0) is 9.63 Å². The van der Waals surface area contributed by atoms with E-state index in [1.54, 1.807) is 0 Å². The summed E-state index contributed by atoms with van der Waals surface area (Å²) in [4.78, 5) is 15.7. The minimum Gasteiger partial charge on any atom is -0.345 e. The zero-order valence-electron chi connectivity index (χ0n) is 7.78. The zero-order valence-corrected chi connectivity index (χ0v) is 7.78. The van der Waals surface area contributed by atoms with Gasteiger partial charge in [-0.3, -0.25) is 0 Å². The van der Waals surface area contributed by atoms with Gasteiger partial charge in [0.15, 0.2) is 0 Å². The van der Waals surface area contributed by atoms with Gasteiger partial charge in [0.05, 0.1) is 5.69 Å². The number of nitrogens with one attached hydrogen (secondary N) is 1. The quantitative estimate of drug-likeness (QED) is 0.677. The van der Waals surface area contributed by atoms with Crippen molar-refractivity contribution in [3.63, 3.8) is 0 Å². The summed E-state index contributed by atoms with van der Waals surface area (Å²) in [5.74, 6) is -0.451. The number of carbonyl (C=O) groups excluding carboxylic acids is 1. The SMILES string of the molecule is C=C1C(=O)ONN1c1ccccc1C. The second kappa shape index (κ2) is 3.16. The normalized spacial score (nSPS) is 15.9. The summed E-state index contributed by atoms with van der Waals surface area (Å²) in [5.41, 5.74) is 4.69. The van der Waals surface area contributed by atoms with E-state index in [0.29, 0.717) is 5.70 Å². The molecule has 0 radical (unpaired) electrons. The van der Waals surface area contributed by atoms with Crippen molar-refractivity contribution in [3.05, 3.63) is 42.1 Å². The molecule has 14 heavy (non-hydrogen) atoms. The fraction of sp³-hybridized carbons (Fsp3) is 0.100. The third-order valence-electron chi connectivity index (χ3n) is 2.09. The number of para-hydroxylation sites is 1. The Hall–Kier alpha value is -1.81. The van der Waals surface area contributed by atoms with Gasteiger partial charge in [0.1, 0.15) is 5.70 Å². The highest BCUT2D eigenvalue weighted by atomic mass is 16.7. The maximum absolute atomic E-state index is 11.0. The fourth-order valence-electron chi connectivity index (χ4n) is 1.30. The number of anilines is 1. The Morgan fingerprint density at radius 1 is 1.43 bits per heavy atom. The van der Waals surface area contributed by atoms with Crippen molar-refractivity contribution in [1.29, 1.82) is 0 Å². The first-order chi connectivity index (χ1) is 6.70. The van der Waals surface area contributed by atoms with Gasteiger partial charge in [-0.2, -0.15) is 0 Å². The van der Waals surface area contributed by atoms with Crippen molar-refractivity contribution in [1.82, 2.24) is 5.59 Å². The van der Waals surface area contributed by atoms with Gasteiger partial charge >= 0.3 is 5.97 Å². The van der Waals surface area contributed by atoms with Crippen LogP contribution in [0.25, 0.3) is 0 Å². The Bertz CT molecular complexity index is 401. The second-order valence-electron chi connectivity index (χ2n) is 3.05. The number of nitrogens with zero attached hydrogens (tertiary/aromatic N) is 1. The molecule has 0 saturated carbocycles. The predicted molar refractivity (Wildman–Crippen MR) is 52.0 cm³/mol. The standard InChI is InChI=1S/C10H10N2O2/c1-7-5-3-4-6-9(7)12-8(2)10(13)14-11-12/h3-6,11H,2H2,1H3. The van der Waals surface area contributed by atoms with Gasteiger partial charge in [0, 0.05) is 0 Å². The highest BCUT2D eigenvalue weighted by Crippen LogP contribution is 2.23. The molecule has 72 valence electrons. The fourth-order valence-corrected chi connectivity index (χ4v) is 1.30. The van der Waals surface area contributed by atoms with E-state index in [9.17, 15) is 4.79 Å². The lowest BCUT2D eigenvalue weighted by Gasteiger charge is -2.16. The molecule has 4 heteroatoms. The third kappa shape index (κ3) is 1.25. The molecule has 1 heterocycles. The maximum Gasteiger partial charge on any atom is 0.376 e. The number of carbonyl (C=O) groups is 1. The topological polar surface area (TPSA) is 41.6 Å². The molecule has 0 bridgehead atoms. The molecule has 1 aliphatic heterocycles. The number of aryl methyl sites for hydroxylation is 1. The van der Waals surface area contributed by atoms with Crippen LogP contribution < -0.4 is 10.6 Å². The molecule has 2 rings (SSSR count). The highest BCUT2D eigenvalue weighted by molar-refractivity contribution is 5.93. The molecular formula is C10H10N2O2. The van der Waals surface area contributed by atoms with Crippen molar-refractivity contribution in [2.75, 3.05) is 5.01 Å². The van der Waals surface area contributed by atoms with Gasteiger partial charge in [0.2, 0.25) is 0 Å². The summed E-state index contributed by atoms with van der Waals surface area (Å²) in [6.45, 7) is 5.57. The third-order valence-corrected chi connectivity index (χ3v) is 2.09. The molecule has 0 spiro atoms. The van der Waals surface area contributed by atoms with E-state index >= 15 is 0 Å². The van der Waals surface area contributed by atoms with Crippen LogP contribution in [0.1, 0.15) is 5.56 Å². The first-order valence-electron chi connectivity index (χ1n) is 4.21. The van der Waals surface area contributed by atoms with E-state index in [0.717, 1.165) is 11.3 Å². The average molecular weight is 190 g/mol.